The van der Waals surface area contributed by atoms with Crippen molar-refractivity contribution in [3.63, 3.8) is 0 Å². The maximum absolute atomic E-state index is 5.01. The first-order valence-corrected chi connectivity index (χ1v) is 5.63. The van der Waals surface area contributed by atoms with Crippen LogP contribution >= 0.6 is 0 Å². The van der Waals surface area contributed by atoms with E-state index in [-0.39, 0.29) is 6.15 Å². The van der Waals surface area contributed by atoms with Crippen molar-refractivity contribution >= 4 is 0 Å². The first-order valence-electron chi connectivity index (χ1n) is 5.63. The van der Waals surface area contributed by atoms with E-state index in [0.29, 0.717) is 0 Å². The van der Waals surface area contributed by atoms with E-state index in [1.54, 1.807) is 0 Å². The molecule has 0 aromatic heterocycles. The summed E-state index contributed by atoms with van der Waals surface area (Å²) >= 11 is 0. The molecule has 88 valence electrons. The van der Waals surface area contributed by atoms with Crippen LogP contribution in [0.1, 0.15) is 40.0 Å². The highest BCUT2D eigenvalue weighted by Crippen LogP contribution is 2.09. The number of ether oxygens (including phenoxy) is 1. The van der Waals surface area contributed by atoms with Crippen molar-refractivity contribution in [2.24, 2.45) is 5.92 Å². The summed E-state index contributed by atoms with van der Waals surface area (Å²) in [5.74, 6) is 0.986. The Morgan fingerprint density at radius 1 is 1.00 bits per heavy atom. The lowest BCUT2D eigenvalue weighted by Gasteiger charge is -2.10. The van der Waals surface area contributed by atoms with Crippen LogP contribution in [-0.4, -0.2) is 26.3 Å². The summed E-state index contributed by atoms with van der Waals surface area (Å²) < 4.78 is 5.01. The lowest BCUT2D eigenvalue weighted by atomic mass is 10.0. The van der Waals surface area contributed by atoms with Crippen LogP contribution in [0.15, 0.2) is 0 Å². The van der Waals surface area contributed by atoms with Gasteiger partial charge in [0.25, 0.3) is 0 Å². The van der Waals surface area contributed by atoms with Crippen molar-refractivity contribution in [1.82, 2.24) is 11.5 Å². The molecule has 0 atom stereocenters. The Kier molecular flexibility index (Phi) is 15.0. The molecule has 1 fully saturated rings. The van der Waals surface area contributed by atoms with E-state index in [0.717, 1.165) is 32.2 Å². The largest absolute Gasteiger partial charge is 0.379 e. The number of rotatable bonds is 3. The number of hydrogen-bond acceptors (Lipinski definition) is 3. The van der Waals surface area contributed by atoms with Crippen LogP contribution in [0.3, 0.4) is 0 Å². The average molecular weight is 204 g/mol. The fourth-order valence-corrected chi connectivity index (χ4v) is 1.38. The van der Waals surface area contributed by atoms with Crippen LogP contribution in [-0.2, 0) is 4.74 Å². The smallest absolute Gasteiger partial charge is 0.0591 e. The van der Waals surface area contributed by atoms with E-state index in [2.05, 4.69) is 26.1 Å². The summed E-state index contributed by atoms with van der Waals surface area (Å²) in [4.78, 5) is 0. The predicted octanol–water partition coefficient (Wildman–Crippen LogP) is 2.60. The first-order chi connectivity index (χ1) is 6.35. The maximum atomic E-state index is 5.01. The van der Waals surface area contributed by atoms with E-state index >= 15 is 0 Å². The molecular formula is C11H28N2O. The van der Waals surface area contributed by atoms with Gasteiger partial charge in [-0.3, -0.25) is 0 Å². The Balaban J connectivity index is 0. The molecule has 1 heterocycles. The Morgan fingerprint density at radius 3 is 1.50 bits per heavy atom. The van der Waals surface area contributed by atoms with E-state index in [4.69, 9.17) is 4.74 Å². The monoisotopic (exact) mass is 204 g/mol. The standard InChI is InChI=1S/C7H16.C4H9NO.H3N/c1-4-7(5-2)6-3;1-3-6-4-2-5-1;/h7H,4-6H2,1-3H3;5H,1-4H2;1H3. The van der Waals surface area contributed by atoms with Crippen molar-refractivity contribution in [2.75, 3.05) is 26.3 Å². The second-order valence-corrected chi connectivity index (χ2v) is 3.45. The minimum absolute atomic E-state index is 0. The number of hydrogen-bond donors (Lipinski definition) is 2. The molecule has 0 bridgehead atoms. The van der Waals surface area contributed by atoms with Gasteiger partial charge in [-0.1, -0.05) is 40.0 Å². The molecule has 0 saturated carbocycles. The Bertz CT molecular complexity index is 74.3. The summed E-state index contributed by atoms with van der Waals surface area (Å²) in [5, 5.41) is 3.16. The maximum Gasteiger partial charge on any atom is 0.0591 e. The molecule has 1 saturated heterocycles. The molecule has 1 aliphatic heterocycles. The van der Waals surface area contributed by atoms with Gasteiger partial charge < -0.3 is 16.2 Å². The molecule has 0 amide bonds. The fourth-order valence-electron chi connectivity index (χ4n) is 1.38. The van der Waals surface area contributed by atoms with Gasteiger partial charge in [0.1, 0.15) is 0 Å². The highest BCUT2D eigenvalue weighted by molar-refractivity contribution is 4.49. The summed E-state index contributed by atoms with van der Waals surface area (Å²) in [7, 11) is 0. The van der Waals surface area contributed by atoms with Gasteiger partial charge in [-0.25, -0.2) is 0 Å². The lowest BCUT2D eigenvalue weighted by molar-refractivity contribution is 0.109. The van der Waals surface area contributed by atoms with Gasteiger partial charge in [-0.05, 0) is 5.92 Å². The van der Waals surface area contributed by atoms with Crippen molar-refractivity contribution < 1.29 is 4.74 Å². The molecule has 0 unspecified atom stereocenters. The van der Waals surface area contributed by atoms with E-state index < -0.39 is 0 Å². The highest BCUT2D eigenvalue weighted by Gasteiger charge is 1.95. The van der Waals surface area contributed by atoms with Crippen LogP contribution in [0.25, 0.3) is 0 Å². The van der Waals surface area contributed by atoms with Crippen LogP contribution in [0.5, 0.6) is 0 Å². The molecule has 0 aromatic carbocycles. The second kappa shape index (κ2) is 12.9. The molecule has 3 nitrogen and oxygen atoms in total. The number of nitrogens with one attached hydrogen (secondary N) is 1. The SMILES string of the molecule is C1COCCN1.CCC(CC)CC.N. The fraction of sp³-hybridized carbons (Fsp3) is 1.00. The average Bonchev–Trinajstić information content (AvgIpc) is 2.24. The molecule has 1 aliphatic rings. The zero-order chi connectivity index (χ0) is 9.94. The highest BCUT2D eigenvalue weighted by atomic mass is 16.5. The third-order valence-corrected chi connectivity index (χ3v) is 2.58. The Hall–Kier alpha value is -0.120. The lowest BCUT2D eigenvalue weighted by Crippen LogP contribution is -2.30. The summed E-state index contributed by atoms with van der Waals surface area (Å²) in [6, 6.07) is 0. The van der Waals surface area contributed by atoms with Crippen LogP contribution < -0.4 is 11.5 Å². The molecule has 0 aliphatic carbocycles. The molecule has 0 aromatic rings. The third kappa shape index (κ3) is 9.96. The zero-order valence-electron chi connectivity index (χ0n) is 10.1. The predicted molar refractivity (Wildman–Crippen MR) is 63.1 cm³/mol. The topological polar surface area (TPSA) is 56.3 Å². The third-order valence-electron chi connectivity index (χ3n) is 2.58. The number of morpholine rings is 1. The summed E-state index contributed by atoms with van der Waals surface area (Å²) in [6.07, 6.45) is 4.06. The van der Waals surface area contributed by atoms with E-state index in [9.17, 15) is 0 Å². The molecule has 4 N–H and O–H groups in total. The molecule has 0 radical (unpaired) electrons. The Labute approximate surface area is 89.2 Å². The molecular weight excluding hydrogens is 176 g/mol. The van der Waals surface area contributed by atoms with Crippen molar-refractivity contribution in [2.45, 2.75) is 40.0 Å². The zero-order valence-corrected chi connectivity index (χ0v) is 10.1. The van der Waals surface area contributed by atoms with Crippen molar-refractivity contribution in [1.29, 1.82) is 0 Å². The molecule has 14 heavy (non-hydrogen) atoms. The van der Waals surface area contributed by atoms with Crippen molar-refractivity contribution in [3.8, 4) is 0 Å². The molecule has 3 heteroatoms. The van der Waals surface area contributed by atoms with Gasteiger partial charge in [0.2, 0.25) is 0 Å². The molecule has 0 spiro atoms. The van der Waals surface area contributed by atoms with Gasteiger partial charge in [-0.2, -0.15) is 0 Å². The van der Waals surface area contributed by atoms with Gasteiger partial charge in [-0.15, -0.1) is 0 Å². The van der Waals surface area contributed by atoms with Crippen LogP contribution in [0.4, 0.5) is 0 Å². The molecule has 1 rings (SSSR count). The van der Waals surface area contributed by atoms with Crippen molar-refractivity contribution in [3.05, 3.63) is 0 Å². The second-order valence-electron chi connectivity index (χ2n) is 3.45. The van der Waals surface area contributed by atoms with Gasteiger partial charge >= 0.3 is 0 Å². The van der Waals surface area contributed by atoms with Crippen LogP contribution in [0, 0.1) is 5.92 Å². The van der Waals surface area contributed by atoms with E-state index in [1.165, 1.54) is 19.3 Å². The minimum atomic E-state index is 0. The summed E-state index contributed by atoms with van der Waals surface area (Å²) in [6.45, 7) is 10.6. The van der Waals surface area contributed by atoms with E-state index in [1.807, 2.05) is 0 Å². The van der Waals surface area contributed by atoms with Gasteiger partial charge in [0.15, 0.2) is 0 Å². The normalized spacial score (nSPS) is 15.4. The van der Waals surface area contributed by atoms with Gasteiger partial charge in [0, 0.05) is 13.1 Å². The van der Waals surface area contributed by atoms with Crippen LogP contribution in [0.2, 0.25) is 0 Å². The quantitative estimate of drug-likeness (QED) is 0.743. The minimum Gasteiger partial charge on any atom is -0.379 e. The Morgan fingerprint density at radius 2 is 1.43 bits per heavy atom. The van der Waals surface area contributed by atoms with Gasteiger partial charge in [0.05, 0.1) is 13.2 Å². The summed E-state index contributed by atoms with van der Waals surface area (Å²) in [5.41, 5.74) is 0. The first kappa shape index (κ1) is 16.3.